The zero-order chi connectivity index (χ0) is 17.1. The van der Waals surface area contributed by atoms with Gasteiger partial charge >= 0.3 is 5.97 Å². The molecule has 1 amide bonds. The topological polar surface area (TPSA) is 71.9 Å². The number of hydrogen-bond donors (Lipinski definition) is 0. The Morgan fingerprint density at radius 2 is 1.96 bits per heavy atom. The summed E-state index contributed by atoms with van der Waals surface area (Å²) in [5.41, 5.74) is 2.26. The summed E-state index contributed by atoms with van der Waals surface area (Å²) in [6.45, 7) is 3.40. The molecule has 0 spiro atoms. The molecule has 2 heterocycles. The van der Waals surface area contributed by atoms with Crippen molar-refractivity contribution in [1.29, 1.82) is 0 Å². The van der Waals surface area contributed by atoms with Crippen molar-refractivity contribution in [1.82, 2.24) is 9.99 Å². The second-order valence-corrected chi connectivity index (χ2v) is 5.62. The molecule has 24 heavy (non-hydrogen) atoms. The van der Waals surface area contributed by atoms with Crippen LogP contribution in [0.2, 0.25) is 0 Å². The SMILES string of the molecule is CC(=O)N1N=C(C)CC1c1ccc(OC(=O)c2cccnc2)cc1. The number of ether oxygens (including phenoxy) is 1. The molecule has 0 aliphatic carbocycles. The van der Waals surface area contributed by atoms with Crippen LogP contribution in [0.5, 0.6) is 5.75 Å². The summed E-state index contributed by atoms with van der Waals surface area (Å²) >= 11 is 0. The van der Waals surface area contributed by atoms with Gasteiger partial charge in [-0.1, -0.05) is 12.1 Å². The third-order valence-electron chi connectivity index (χ3n) is 3.76. The molecule has 0 radical (unpaired) electrons. The minimum atomic E-state index is -0.457. The van der Waals surface area contributed by atoms with Gasteiger partial charge in [-0.15, -0.1) is 0 Å². The molecular weight excluding hydrogens is 306 g/mol. The van der Waals surface area contributed by atoms with Gasteiger partial charge in [-0.2, -0.15) is 5.10 Å². The molecule has 1 unspecified atom stereocenters. The zero-order valence-corrected chi connectivity index (χ0v) is 13.5. The number of hydrogen-bond acceptors (Lipinski definition) is 5. The Balaban J connectivity index is 1.72. The summed E-state index contributed by atoms with van der Waals surface area (Å²) in [5.74, 6) is -0.109. The number of pyridine rings is 1. The maximum Gasteiger partial charge on any atom is 0.345 e. The Morgan fingerprint density at radius 1 is 1.21 bits per heavy atom. The molecule has 2 aromatic rings. The Hall–Kier alpha value is -3.02. The monoisotopic (exact) mass is 323 g/mol. The second kappa shape index (κ2) is 6.62. The van der Waals surface area contributed by atoms with Gasteiger partial charge in [0.15, 0.2) is 0 Å². The van der Waals surface area contributed by atoms with E-state index in [0.29, 0.717) is 17.7 Å². The first kappa shape index (κ1) is 15.9. The van der Waals surface area contributed by atoms with Crippen molar-refractivity contribution in [3.63, 3.8) is 0 Å². The number of carbonyl (C=O) groups is 2. The number of hydrazone groups is 1. The molecule has 6 nitrogen and oxygen atoms in total. The van der Waals surface area contributed by atoms with Crippen LogP contribution in [0.1, 0.15) is 42.2 Å². The van der Waals surface area contributed by atoms with Crippen molar-refractivity contribution in [2.24, 2.45) is 5.10 Å². The molecule has 0 N–H and O–H groups in total. The summed E-state index contributed by atoms with van der Waals surface area (Å²) in [6, 6.07) is 10.4. The van der Waals surface area contributed by atoms with Crippen LogP contribution in [0.4, 0.5) is 0 Å². The van der Waals surface area contributed by atoms with Crippen LogP contribution in [0.3, 0.4) is 0 Å². The zero-order valence-electron chi connectivity index (χ0n) is 13.5. The lowest BCUT2D eigenvalue weighted by Gasteiger charge is -2.20. The molecule has 0 saturated heterocycles. The number of carbonyl (C=O) groups excluding carboxylic acids is 2. The molecular formula is C18H17N3O3. The highest BCUT2D eigenvalue weighted by Gasteiger charge is 2.28. The van der Waals surface area contributed by atoms with Crippen molar-refractivity contribution in [2.45, 2.75) is 26.3 Å². The Kier molecular flexibility index (Phi) is 4.37. The van der Waals surface area contributed by atoms with Crippen molar-refractivity contribution >= 4 is 17.6 Å². The van der Waals surface area contributed by atoms with E-state index in [4.69, 9.17) is 4.74 Å². The number of amides is 1. The highest BCUT2D eigenvalue weighted by molar-refractivity contribution is 5.90. The van der Waals surface area contributed by atoms with E-state index in [-0.39, 0.29) is 11.9 Å². The lowest BCUT2D eigenvalue weighted by Crippen LogP contribution is -2.24. The van der Waals surface area contributed by atoms with Gasteiger partial charge < -0.3 is 4.74 Å². The summed E-state index contributed by atoms with van der Waals surface area (Å²) in [4.78, 5) is 27.6. The molecule has 1 aromatic carbocycles. The molecule has 3 rings (SSSR count). The average molecular weight is 323 g/mol. The first-order valence-corrected chi connectivity index (χ1v) is 7.60. The molecule has 0 saturated carbocycles. The Morgan fingerprint density at radius 3 is 2.58 bits per heavy atom. The molecule has 1 aromatic heterocycles. The van der Waals surface area contributed by atoms with Gasteiger partial charge in [-0.3, -0.25) is 9.78 Å². The lowest BCUT2D eigenvalue weighted by molar-refractivity contribution is -0.130. The van der Waals surface area contributed by atoms with Crippen molar-refractivity contribution in [3.8, 4) is 5.75 Å². The van der Waals surface area contributed by atoms with Gasteiger partial charge in [0.2, 0.25) is 5.91 Å². The minimum absolute atomic E-state index is 0.0936. The van der Waals surface area contributed by atoms with Gasteiger partial charge in [0, 0.05) is 31.4 Å². The maximum absolute atomic E-state index is 12.0. The van der Waals surface area contributed by atoms with Crippen LogP contribution < -0.4 is 4.74 Å². The normalized spacial score (nSPS) is 16.7. The number of esters is 1. The van der Waals surface area contributed by atoms with E-state index in [0.717, 1.165) is 11.3 Å². The van der Waals surface area contributed by atoms with Crippen molar-refractivity contribution in [3.05, 3.63) is 59.9 Å². The second-order valence-electron chi connectivity index (χ2n) is 5.62. The van der Waals surface area contributed by atoms with Crippen LogP contribution in [0.25, 0.3) is 0 Å². The predicted molar refractivity (Wildman–Crippen MR) is 88.6 cm³/mol. The standard InChI is InChI=1S/C18H17N3O3/c1-12-10-17(21(20-12)13(2)22)14-5-7-16(8-6-14)24-18(23)15-4-3-9-19-11-15/h3-9,11,17H,10H2,1-2H3. The number of aromatic nitrogens is 1. The molecule has 1 aliphatic heterocycles. The fraction of sp³-hybridized carbons (Fsp3) is 0.222. The van der Waals surface area contributed by atoms with E-state index in [9.17, 15) is 9.59 Å². The first-order chi connectivity index (χ1) is 11.5. The third-order valence-corrected chi connectivity index (χ3v) is 3.76. The van der Waals surface area contributed by atoms with E-state index in [1.165, 1.54) is 18.1 Å². The molecule has 0 fully saturated rings. The molecule has 1 aliphatic rings. The van der Waals surface area contributed by atoms with E-state index >= 15 is 0 Å². The molecule has 6 heteroatoms. The molecule has 0 bridgehead atoms. The fourth-order valence-corrected chi connectivity index (χ4v) is 2.62. The van der Waals surface area contributed by atoms with Crippen LogP contribution in [0.15, 0.2) is 53.9 Å². The van der Waals surface area contributed by atoms with Crippen molar-refractivity contribution in [2.75, 3.05) is 0 Å². The van der Waals surface area contributed by atoms with Gasteiger partial charge in [0.25, 0.3) is 0 Å². The van der Waals surface area contributed by atoms with Crippen LogP contribution in [0, 0.1) is 0 Å². The van der Waals surface area contributed by atoms with Crippen LogP contribution in [-0.4, -0.2) is 27.6 Å². The molecule has 122 valence electrons. The predicted octanol–water partition coefficient (Wildman–Crippen LogP) is 2.97. The lowest BCUT2D eigenvalue weighted by atomic mass is 10.0. The van der Waals surface area contributed by atoms with Gasteiger partial charge in [0.1, 0.15) is 5.75 Å². The number of nitrogens with zero attached hydrogens (tertiary/aromatic N) is 3. The Bertz CT molecular complexity index is 785. The van der Waals surface area contributed by atoms with E-state index in [2.05, 4.69) is 10.1 Å². The van der Waals surface area contributed by atoms with Crippen LogP contribution in [-0.2, 0) is 4.79 Å². The smallest absolute Gasteiger partial charge is 0.345 e. The summed E-state index contributed by atoms with van der Waals surface area (Å²) in [5, 5.41) is 5.76. The third kappa shape index (κ3) is 3.32. The molecule has 1 atom stereocenters. The minimum Gasteiger partial charge on any atom is -0.423 e. The number of benzene rings is 1. The summed E-state index contributed by atoms with van der Waals surface area (Å²) in [7, 11) is 0. The largest absolute Gasteiger partial charge is 0.423 e. The quantitative estimate of drug-likeness (QED) is 0.643. The summed E-state index contributed by atoms with van der Waals surface area (Å²) in [6.07, 6.45) is 3.76. The average Bonchev–Trinajstić information content (AvgIpc) is 2.98. The van der Waals surface area contributed by atoms with Crippen LogP contribution >= 0.6 is 0 Å². The maximum atomic E-state index is 12.0. The van der Waals surface area contributed by atoms with E-state index in [1.807, 2.05) is 19.1 Å². The van der Waals surface area contributed by atoms with Gasteiger partial charge in [-0.25, -0.2) is 9.80 Å². The highest BCUT2D eigenvalue weighted by Crippen LogP contribution is 2.31. The van der Waals surface area contributed by atoms with E-state index < -0.39 is 5.97 Å². The first-order valence-electron chi connectivity index (χ1n) is 7.60. The summed E-state index contributed by atoms with van der Waals surface area (Å²) < 4.78 is 5.33. The Labute approximate surface area is 139 Å². The van der Waals surface area contributed by atoms with Crippen molar-refractivity contribution < 1.29 is 14.3 Å². The fourth-order valence-electron chi connectivity index (χ4n) is 2.62. The highest BCUT2D eigenvalue weighted by atomic mass is 16.5. The van der Waals surface area contributed by atoms with Gasteiger partial charge in [-0.05, 0) is 36.8 Å². The number of rotatable bonds is 3. The van der Waals surface area contributed by atoms with Gasteiger partial charge in [0.05, 0.1) is 11.6 Å². The van der Waals surface area contributed by atoms with E-state index in [1.54, 1.807) is 30.5 Å².